The van der Waals surface area contributed by atoms with Gasteiger partial charge in [-0.05, 0) is 25.0 Å². The van der Waals surface area contributed by atoms with Gasteiger partial charge in [-0.2, -0.15) is 0 Å². The molecule has 3 rings (SSSR count). The number of pyridine rings is 1. The van der Waals surface area contributed by atoms with Crippen molar-refractivity contribution >= 4 is 23.5 Å². The van der Waals surface area contributed by atoms with Crippen molar-refractivity contribution in [3.05, 3.63) is 40.3 Å². The number of aromatic nitrogens is 2. The van der Waals surface area contributed by atoms with E-state index < -0.39 is 11.9 Å². The molecule has 6 nitrogen and oxygen atoms in total. The Bertz CT molecular complexity index is 780. The molecule has 1 aliphatic heterocycles. The number of esters is 2. The van der Waals surface area contributed by atoms with Crippen LogP contribution in [-0.2, 0) is 22.4 Å². The van der Waals surface area contributed by atoms with Crippen LogP contribution in [0.25, 0.3) is 11.3 Å². The third-order valence-electron chi connectivity index (χ3n) is 3.95. The number of halogens is 1. The molecular formula is C16H15ClN2O4. The maximum atomic E-state index is 12.3. The number of rotatable bonds is 3. The Morgan fingerprint density at radius 2 is 1.87 bits per heavy atom. The zero-order chi connectivity index (χ0) is 16.6. The van der Waals surface area contributed by atoms with Crippen LogP contribution in [-0.4, -0.2) is 35.7 Å². The van der Waals surface area contributed by atoms with Crippen molar-refractivity contribution in [3.8, 4) is 11.3 Å². The minimum Gasteiger partial charge on any atom is -0.465 e. The van der Waals surface area contributed by atoms with Crippen molar-refractivity contribution in [1.29, 1.82) is 0 Å². The van der Waals surface area contributed by atoms with Gasteiger partial charge in [-0.1, -0.05) is 11.6 Å². The minimum absolute atomic E-state index is 0.221. The highest BCUT2D eigenvalue weighted by Crippen LogP contribution is 2.36. The first-order valence-electron chi connectivity index (χ1n) is 7.12. The van der Waals surface area contributed by atoms with E-state index in [9.17, 15) is 9.59 Å². The van der Waals surface area contributed by atoms with Crippen LogP contribution in [0.1, 0.15) is 32.8 Å². The fourth-order valence-corrected chi connectivity index (χ4v) is 3.13. The smallest absolute Gasteiger partial charge is 0.340 e. The van der Waals surface area contributed by atoms with E-state index in [0.717, 1.165) is 12.1 Å². The van der Waals surface area contributed by atoms with Gasteiger partial charge in [-0.25, -0.2) is 14.6 Å². The van der Waals surface area contributed by atoms with Crippen LogP contribution in [0, 0.1) is 0 Å². The lowest BCUT2D eigenvalue weighted by Gasteiger charge is -2.09. The van der Waals surface area contributed by atoms with Gasteiger partial charge in [-0.15, -0.1) is 0 Å². The zero-order valence-corrected chi connectivity index (χ0v) is 13.5. The Labute approximate surface area is 138 Å². The third-order valence-corrected chi connectivity index (χ3v) is 4.17. The maximum Gasteiger partial charge on any atom is 0.340 e. The number of nitrogens with zero attached hydrogens (tertiary/aromatic N) is 2. The summed E-state index contributed by atoms with van der Waals surface area (Å²) in [5, 5.41) is 0.356. The molecule has 3 heterocycles. The lowest BCUT2D eigenvalue weighted by molar-refractivity contribution is 0.0556. The van der Waals surface area contributed by atoms with Gasteiger partial charge in [0, 0.05) is 24.0 Å². The van der Waals surface area contributed by atoms with E-state index in [1.165, 1.54) is 14.2 Å². The number of hydrogen-bond donors (Lipinski definition) is 0. The van der Waals surface area contributed by atoms with E-state index in [1.54, 1.807) is 18.3 Å². The van der Waals surface area contributed by atoms with Crippen LogP contribution in [0.3, 0.4) is 0 Å². The van der Waals surface area contributed by atoms with Gasteiger partial charge in [0.05, 0.1) is 25.5 Å². The molecular weight excluding hydrogens is 320 g/mol. The highest BCUT2D eigenvalue weighted by molar-refractivity contribution is 6.29. The van der Waals surface area contributed by atoms with Crippen LogP contribution < -0.4 is 0 Å². The highest BCUT2D eigenvalue weighted by atomic mass is 35.5. The lowest BCUT2D eigenvalue weighted by Crippen LogP contribution is -2.12. The Morgan fingerprint density at radius 3 is 2.48 bits per heavy atom. The lowest BCUT2D eigenvalue weighted by atomic mass is 10.0. The molecule has 0 saturated heterocycles. The quantitative estimate of drug-likeness (QED) is 0.637. The molecule has 0 aliphatic carbocycles. The van der Waals surface area contributed by atoms with Gasteiger partial charge in [0.25, 0.3) is 0 Å². The first kappa shape index (κ1) is 15.6. The fraction of sp³-hybridized carbons (Fsp3) is 0.312. The normalized spacial score (nSPS) is 12.8. The molecule has 0 fully saturated rings. The van der Waals surface area contributed by atoms with Crippen molar-refractivity contribution in [1.82, 2.24) is 9.55 Å². The summed E-state index contributed by atoms with van der Waals surface area (Å²) in [6, 6.07) is 3.41. The predicted octanol–water partition coefficient (Wildman–Crippen LogP) is 2.72. The van der Waals surface area contributed by atoms with Crippen molar-refractivity contribution in [2.45, 2.75) is 19.4 Å². The van der Waals surface area contributed by atoms with Crippen LogP contribution in [0.4, 0.5) is 0 Å². The summed E-state index contributed by atoms with van der Waals surface area (Å²) in [5.41, 5.74) is 2.61. The summed E-state index contributed by atoms with van der Waals surface area (Å²) in [4.78, 5) is 28.6. The van der Waals surface area contributed by atoms with Crippen LogP contribution >= 0.6 is 11.6 Å². The fourth-order valence-electron chi connectivity index (χ4n) is 3.02. The maximum absolute atomic E-state index is 12.3. The Kier molecular flexibility index (Phi) is 4.09. The average Bonchev–Trinajstić information content (AvgIpc) is 3.14. The molecule has 0 bridgehead atoms. The summed E-state index contributed by atoms with van der Waals surface area (Å²) in [6.07, 6.45) is 3.18. The molecule has 120 valence electrons. The molecule has 0 atom stereocenters. The van der Waals surface area contributed by atoms with E-state index in [1.807, 2.05) is 4.57 Å². The largest absolute Gasteiger partial charge is 0.465 e. The van der Waals surface area contributed by atoms with E-state index in [0.29, 0.717) is 29.4 Å². The van der Waals surface area contributed by atoms with Crippen LogP contribution in [0.5, 0.6) is 0 Å². The van der Waals surface area contributed by atoms with Gasteiger partial charge in [0.1, 0.15) is 10.7 Å². The standard InChI is InChI=1S/C16H15ClN2O4/c1-22-15(20)12-10-4-3-7-19(10)14(13(12)16(21)23-2)9-5-6-11(17)18-8-9/h5-6,8H,3-4,7H2,1-2H3. The first-order valence-corrected chi connectivity index (χ1v) is 7.50. The van der Waals surface area contributed by atoms with Crippen molar-refractivity contribution in [2.24, 2.45) is 0 Å². The van der Waals surface area contributed by atoms with Gasteiger partial charge in [0.2, 0.25) is 0 Å². The first-order chi connectivity index (χ1) is 11.1. The summed E-state index contributed by atoms with van der Waals surface area (Å²) >= 11 is 5.84. The van der Waals surface area contributed by atoms with Crippen molar-refractivity contribution in [3.63, 3.8) is 0 Å². The molecule has 0 N–H and O–H groups in total. The topological polar surface area (TPSA) is 70.4 Å². The van der Waals surface area contributed by atoms with Crippen molar-refractivity contribution in [2.75, 3.05) is 14.2 Å². The molecule has 0 saturated carbocycles. The molecule has 2 aromatic rings. The summed E-state index contributed by atoms with van der Waals surface area (Å²) in [5.74, 6) is -1.11. The average molecular weight is 335 g/mol. The van der Waals surface area contributed by atoms with Gasteiger partial charge < -0.3 is 14.0 Å². The van der Waals surface area contributed by atoms with E-state index in [4.69, 9.17) is 21.1 Å². The van der Waals surface area contributed by atoms with Gasteiger partial charge >= 0.3 is 11.9 Å². The molecule has 0 aromatic carbocycles. The van der Waals surface area contributed by atoms with Crippen LogP contribution in [0.2, 0.25) is 5.15 Å². The van der Waals surface area contributed by atoms with Crippen molar-refractivity contribution < 1.29 is 19.1 Å². The molecule has 23 heavy (non-hydrogen) atoms. The molecule has 0 unspecified atom stereocenters. The Morgan fingerprint density at radius 1 is 1.17 bits per heavy atom. The number of carbonyl (C=O) groups excluding carboxylic acids is 2. The second-order valence-corrected chi connectivity index (χ2v) is 5.54. The number of ether oxygens (including phenoxy) is 2. The SMILES string of the molecule is COC(=O)c1c(C(=O)OC)c(-c2ccc(Cl)nc2)n2c1CCC2. The second kappa shape index (κ2) is 6.04. The summed E-state index contributed by atoms with van der Waals surface area (Å²) < 4.78 is 11.7. The van der Waals surface area contributed by atoms with Crippen LogP contribution in [0.15, 0.2) is 18.3 Å². The van der Waals surface area contributed by atoms with E-state index in [-0.39, 0.29) is 11.1 Å². The third kappa shape index (κ3) is 2.49. The van der Waals surface area contributed by atoms with E-state index in [2.05, 4.69) is 4.98 Å². The number of hydrogen-bond acceptors (Lipinski definition) is 5. The zero-order valence-electron chi connectivity index (χ0n) is 12.8. The van der Waals surface area contributed by atoms with E-state index >= 15 is 0 Å². The Hall–Kier alpha value is -2.34. The monoisotopic (exact) mass is 334 g/mol. The molecule has 0 radical (unpaired) electrons. The van der Waals surface area contributed by atoms with Gasteiger partial charge in [0.15, 0.2) is 0 Å². The van der Waals surface area contributed by atoms with Gasteiger partial charge in [-0.3, -0.25) is 0 Å². The molecule has 0 spiro atoms. The number of methoxy groups -OCH3 is 2. The molecule has 1 aliphatic rings. The second-order valence-electron chi connectivity index (χ2n) is 5.15. The number of carbonyl (C=O) groups is 2. The summed E-state index contributed by atoms with van der Waals surface area (Å²) in [7, 11) is 2.59. The minimum atomic E-state index is -0.572. The summed E-state index contributed by atoms with van der Waals surface area (Å²) in [6.45, 7) is 0.717. The predicted molar refractivity (Wildman–Crippen MR) is 83.7 cm³/mol. The molecule has 7 heteroatoms. The molecule has 0 amide bonds. The Balaban J connectivity index is 2.31. The number of fused-ring (bicyclic) bond motifs is 1. The highest BCUT2D eigenvalue weighted by Gasteiger charge is 2.34. The molecule has 2 aromatic heterocycles.